The third-order valence-electron chi connectivity index (χ3n) is 7.25. The lowest BCUT2D eigenvalue weighted by molar-refractivity contribution is -0.140. The van der Waals surface area contributed by atoms with Gasteiger partial charge in [-0.3, -0.25) is 4.79 Å². The monoisotopic (exact) mass is 426 g/mol. The Morgan fingerprint density at radius 3 is 2.29 bits per heavy atom. The van der Waals surface area contributed by atoms with Crippen molar-refractivity contribution in [2.24, 2.45) is 23.7 Å². The lowest BCUT2D eigenvalue weighted by atomic mass is 9.79. The number of hydrogen-bond donors (Lipinski definition) is 0. The highest BCUT2D eigenvalue weighted by atomic mass is 16.5. The highest BCUT2D eigenvalue weighted by Crippen LogP contribution is 2.33. The maximum atomic E-state index is 12.3. The maximum Gasteiger partial charge on any atom is 0.314 e. The second-order valence-corrected chi connectivity index (χ2v) is 9.87. The highest BCUT2D eigenvalue weighted by molar-refractivity contribution is 5.75. The predicted octanol–water partition coefficient (Wildman–Crippen LogP) is 7.74. The Morgan fingerprint density at radius 2 is 1.61 bits per heavy atom. The molecule has 0 saturated heterocycles. The van der Waals surface area contributed by atoms with Crippen molar-refractivity contribution in [3.05, 3.63) is 36.4 Å². The molecule has 0 N–H and O–H groups in total. The smallest absolute Gasteiger partial charge is 0.314 e. The van der Waals surface area contributed by atoms with Gasteiger partial charge < -0.3 is 9.47 Å². The van der Waals surface area contributed by atoms with Crippen LogP contribution in [0.25, 0.3) is 0 Å². The fourth-order valence-corrected chi connectivity index (χ4v) is 5.04. The van der Waals surface area contributed by atoms with Crippen LogP contribution in [0.15, 0.2) is 36.4 Å². The minimum atomic E-state index is -0.0800. The van der Waals surface area contributed by atoms with Crippen molar-refractivity contribution < 1.29 is 14.3 Å². The molecule has 172 valence electrons. The van der Waals surface area contributed by atoms with E-state index in [1.807, 2.05) is 24.3 Å². The van der Waals surface area contributed by atoms with Crippen LogP contribution in [-0.2, 0) is 4.79 Å². The van der Waals surface area contributed by atoms with Crippen LogP contribution >= 0.6 is 0 Å². The normalized spacial score (nSPS) is 26.6. The van der Waals surface area contributed by atoms with Gasteiger partial charge in [0, 0.05) is 0 Å². The van der Waals surface area contributed by atoms with Crippen LogP contribution in [0.1, 0.15) is 90.9 Å². The van der Waals surface area contributed by atoms with Gasteiger partial charge in [-0.1, -0.05) is 51.7 Å². The topological polar surface area (TPSA) is 35.5 Å². The molecule has 3 heteroatoms. The average molecular weight is 427 g/mol. The van der Waals surface area contributed by atoms with Crippen molar-refractivity contribution in [3.63, 3.8) is 0 Å². The zero-order valence-electron chi connectivity index (χ0n) is 19.7. The molecule has 0 heterocycles. The van der Waals surface area contributed by atoms with Gasteiger partial charge in [0.05, 0.1) is 5.92 Å². The van der Waals surface area contributed by atoms with Gasteiger partial charge in [0.15, 0.2) is 0 Å². The number of esters is 1. The van der Waals surface area contributed by atoms with E-state index in [2.05, 4.69) is 26.0 Å². The summed E-state index contributed by atoms with van der Waals surface area (Å²) in [6.45, 7) is 5.14. The van der Waals surface area contributed by atoms with E-state index < -0.39 is 0 Å². The lowest BCUT2D eigenvalue weighted by Crippen LogP contribution is -2.24. The van der Waals surface area contributed by atoms with Crippen LogP contribution in [0.3, 0.4) is 0 Å². The summed E-state index contributed by atoms with van der Waals surface area (Å²) >= 11 is 0. The van der Waals surface area contributed by atoms with E-state index in [1.165, 1.54) is 51.4 Å². The molecule has 3 rings (SSSR count). The first-order valence-electron chi connectivity index (χ1n) is 12.7. The number of carbonyl (C=O) groups excluding carboxylic acids is 1. The molecule has 2 fully saturated rings. The number of allylic oxidation sites excluding steroid dienone is 1. The second kappa shape index (κ2) is 12.9. The van der Waals surface area contributed by atoms with Crippen LogP contribution in [0, 0.1) is 23.7 Å². The Kier molecular flexibility index (Phi) is 9.96. The van der Waals surface area contributed by atoms with E-state index in [1.54, 1.807) is 0 Å². The van der Waals surface area contributed by atoms with E-state index in [0.29, 0.717) is 12.4 Å². The first kappa shape index (κ1) is 23.9. The summed E-state index contributed by atoms with van der Waals surface area (Å²) in [6, 6.07) is 7.45. The van der Waals surface area contributed by atoms with Crippen LogP contribution in [0.5, 0.6) is 11.5 Å². The minimum Gasteiger partial charge on any atom is -0.490 e. The van der Waals surface area contributed by atoms with Crippen molar-refractivity contribution in [1.82, 2.24) is 0 Å². The summed E-state index contributed by atoms with van der Waals surface area (Å²) in [6.07, 6.45) is 19.7. The standard InChI is InChI=1S/C28H42O3/c1-3-4-5-7-23-11-13-24(14-12-23)8-6-21-30-26-17-19-27(20-18-26)31-28(29)25-15-9-22(2)10-16-25/h6,8,17-20,22-25H,3-5,7,9-16,21H2,1-2H3. The molecule has 0 unspecified atom stereocenters. The number of carbonyl (C=O) groups is 1. The zero-order valence-corrected chi connectivity index (χ0v) is 19.7. The molecule has 1 aromatic carbocycles. The fraction of sp³-hybridized carbons (Fsp3) is 0.679. The van der Waals surface area contributed by atoms with Gasteiger partial charge in [-0.2, -0.15) is 0 Å². The average Bonchev–Trinajstić information content (AvgIpc) is 2.79. The number of hydrogen-bond acceptors (Lipinski definition) is 3. The minimum absolute atomic E-state index is 0.0590. The second-order valence-electron chi connectivity index (χ2n) is 9.87. The molecular formula is C28H42O3. The first-order valence-corrected chi connectivity index (χ1v) is 12.7. The van der Waals surface area contributed by atoms with Crippen molar-refractivity contribution >= 4 is 5.97 Å². The molecule has 2 saturated carbocycles. The van der Waals surface area contributed by atoms with Crippen LogP contribution in [0.2, 0.25) is 0 Å². The van der Waals surface area contributed by atoms with E-state index in [4.69, 9.17) is 9.47 Å². The largest absolute Gasteiger partial charge is 0.490 e. The number of ether oxygens (including phenoxy) is 2. The summed E-state index contributed by atoms with van der Waals surface area (Å²) < 4.78 is 11.4. The molecule has 0 aliphatic heterocycles. The Hall–Kier alpha value is -1.77. The summed E-state index contributed by atoms with van der Waals surface area (Å²) in [7, 11) is 0. The molecule has 1 aromatic rings. The van der Waals surface area contributed by atoms with Gasteiger partial charge in [-0.25, -0.2) is 0 Å². The van der Waals surface area contributed by atoms with E-state index in [0.717, 1.165) is 49.2 Å². The third-order valence-corrected chi connectivity index (χ3v) is 7.25. The number of rotatable bonds is 10. The molecule has 0 spiro atoms. The predicted molar refractivity (Wildman–Crippen MR) is 127 cm³/mol. The highest BCUT2D eigenvalue weighted by Gasteiger charge is 2.26. The Labute approximate surface area is 189 Å². The molecule has 0 amide bonds. The van der Waals surface area contributed by atoms with Gasteiger partial charge in [-0.15, -0.1) is 0 Å². The molecular weight excluding hydrogens is 384 g/mol. The lowest BCUT2D eigenvalue weighted by Gasteiger charge is -2.26. The fourth-order valence-electron chi connectivity index (χ4n) is 5.04. The summed E-state index contributed by atoms with van der Waals surface area (Å²) in [5, 5.41) is 0. The Morgan fingerprint density at radius 1 is 0.935 bits per heavy atom. The van der Waals surface area contributed by atoms with Gasteiger partial charge >= 0.3 is 5.97 Å². The third kappa shape index (κ3) is 8.35. The molecule has 0 aromatic heterocycles. The SMILES string of the molecule is CCCCCC1CCC(C=CCOc2ccc(OC(=O)C3CCC(C)CC3)cc2)CC1. The van der Waals surface area contributed by atoms with Crippen LogP contribution < -0.4 is 9.47 Å². The quantitative estimate of drug-likeness (QED) is 0.166. The van der Waals surface area contributed by atoms with Crippen LogP contribution in [0.4, 0.5) is 0 Å². The molecule has 3 nitrogen and oxygen atoms in total. The van der Waals surface area contributed by atoms with Gasteiger partial charge in [0.2, 0.25) is 0 Å². The molecule has 0 bridgehead atoms. The Bertz CT molecular complexity index is 662. The number of unbranched alkanes of at least 4 members (excludes halogenated alkanes) is 2. The van der Waals surface area contributed by atoms with E-state index >= 15 is 0 Å². The molecule has 2 aliphatic carbocycles. The van der Waals surface area contributed by atoms with Gasteiger partial charge in [0.1, 0.15) is 18.1 Å². The molecule has 2 aliphatic rings. The van der Waals surface area contributed by atoms with Crippen molar-refractivity contribution in [3.8, 4) is 11.5 Å². The zero-order chi connectivity index (χ0) is 21.9. The van der Waals surface area contributed by atoms with Crippen molar-refractivity contribution in [2.45, 2.75) is 90.9 Å². The molecule has 0 atom stereocenters. The van der Waals surface area contributed by atoms with Gasteiger partial charge in [-0.05, 0) is 93.4 Å². The summed E-state index contributed by atoms with van der Waals surface area (Å²) in [4.78, 5) is 12.3. The van der Waals surface area contributed by atoms with Crippen molar-refractivity contribution in [2.75, 3.05) is 6.61 Å². The van der Waals surface area contributed by atoms with Crippen LogP contribution in [-0.4, -0.2) is 12.6 Å². The van der Waals surface area contributed by atoms with Crippen molar-refractivity contribution in [1.29, 1.82) is 0 Å². The first-order chi connectivity index (χ1) is 15.1. The maximum absolute atomic E-state index is 12.3. The van der Waals surface area contributed by atoms with E-state index in [9.17, 15) is 4.79 Å². The molecule has 0 radical (unpaired) electrons. The summed E-state index contributed by atoms with van der Waals surface area (Å²) in [5.74, 6) is 3.82. The molecule has 31 heavy (non-hydrogen) atoms. The van der Waals surface area contributed by atoms with E-state index in [-0.39, 0.29) is 11.9 Å². The Balaban J connectivity index is 1.32. The number of benzene rings is 1. The summed E-state index contributed by atoms with van der Waals surface area (Å²) in [5.41, 5.74) is 0. The van der Waals surface area contributed by atoms with Gasteiger partial charge in [0.25, 0.3) is 0 Å².